The Hall–Kier alpha value is -0.160. The Bertz CT molecular complexity index is 217. The highest BCUT2D eigenvalue weighted by molar-refractivity contribution is 7.86. The van der Waals surface area contributed by atoms with Gasteiger partial charge in [-0.3, -0.25) is 4.18 Å². The van der Waals surface area contributed by atoms with E-state index >= 15 is 0 Å². The fourth-order valence-electron chi connectivity index (χ4n) is 0.656. The fourth-order valence-corrected chi connectivity index (χ4v) is 1.70. The summed E-state index contributed by atoms with van der Waals surface area (Å²) in [7, 11) is -2.55. The van der Waals surface area contributed by atoms with E-state index in [1.54, 1.807) is 0 Å². The maximum absolute atomic E-state index is 12.7. The average Bonchev–Trinajstić information content (AvgIpc) is 2.47. The Labute approximate surface area is 59.3 Å². The van der Waals surface area contributed by atoms with Crippen LogP contribution in [-0.4, -0.2) is 26.9 Å². The summed E-state index contributed by atoms with van der Waals surface area (Å²) >= 11 is 0. The molecule has 1 saturated carbocycles. The number of alkyl halides is 1. The standard InChI is InChI=1S/C5H9FO3S/c1-9-10(7,8)4-5(6)2-3-5/h2-4H2,1H3. The predicted molar refractivity (Wildman–Crippen MR) is 33.9 cm³/mol. The number of rotatable bonds is 3. The summed E-state index contributed by atoms with van der Waals surface area (Å²) in [4.78, 5) is 0. The molecular formula is C5H9FO3S. The first-order chi connectivity index (χ1) is 4.47. The zero-order valence-corrected chi connectivity index (χ0v) is 6.45. The first-order valence-electron chi connectivity index (χ1n) is 2.95. The molecule has 0 spiro atoms. The Balaban J connectivity index is 2.53. The van der Waals surface area contributed by atoms with Crippen molar-refractivity contribution in [3.63, 3.8) is 0 Å². The van der Waals surface area contributed by atoms with Crippen molar-refractivity contribution in [1.82, 2.24) is 0 Å². The third kappa shape index (κ3) is 1.91. The highest BCUT2D eigenvalue weighted by Gasteiger charge is 2.47. The van der Waals surface area contributed by atoms with Crippen LogP contribution >= 0.6 is 0 Å². The molecule has 60 valence electrons. The van der Waals surface area contributed by atoms with Crippen molar-refractivity contribution in [1.29, 1.82) is 0 Å². The zero-order chi connectivity index (χ0) is 7.83. The van der Waals surface area contributed by atoms with Gasteiger partial charge in [0.2, 0.25) is 0 Å². The molecule has 0 aromatic heterocycles. The minimum atomic E-state index is -3.59. The summed E-state index contributed by atoms with van der Waals surface area (Å²) < 4.78 is 38.0. The molecule has 1 aliphatic carbocycles. The molecule has 1 aliphatic rings. The number of hydrogen-bond donors (Lipinski definition) is 0. The molecule has 0 saturated heterocycles. The van der Waals surface area contributed by atoms with Crippen LogP contribution in [0, 0.1) is 0 Å². The predicted octanol–water partition coefficient (Wildman–Crippen LogP) is 0.465. The Morgan fingerprint density at radius 3 is 2.40 bits per heavy atom. The van der Waals surface area contributed by atoms with E-state index in [1.165, 1.54) is 0 Å². The molecule has 0 atom stereocenters. The average molecular weight is 168 g/mol. The van der Waals surface area contributed by atoms with E-state index in [0.717, 1.165) is 7.11 Å². The Kier molecular flexibility index (Phi) is 1.72. The zero-order valence-electron chi connectivity index (χ0n) is 5.63. The van der Waals surface area contributed by atoms with Crippen LogP contribution in [0.3, 0.4) is 0 Å². The lowest BCUT2D eigenvalue weighted by atomic mass is 10.5. The van der Waals surface area contributed by atoms with Gasteiger partial charge in [0.15, 0.2) is 0 Å². The van der Waals surface area contributed by atoms with E-state index in [2.05, 4.69) is 4.18 Å². The van der Waals surface area contributed by atoms with Gasteiger partial charge in [-0.05, 0) is 12.8 Å². The fraction of sp³-hybridized carbons (Fsp3) is 1.00. The van der Waals surface area contributed by atoms with Gasteiger partial charge in [0.1, 0.15) is 11.4 Å². The van der Waals surface area contributed by atoms with E-state index in [1.807, 2.05) is 0 Å². The van der Waals surface area contributed by atoms with Crippen molar-refractivity contribution in [3.8, 4) is 0 Å². The van der Waals surface area contributed by atoms with E-state index in [0.29, 0.717) is 12.8 Å². The highest BCUT2D eigenvalue weighted by atomic mass is 32.2. The molecule has 0 bridgehead atoms. The van der Waals surface area contributed by atoms with Crippen molar-refractivity contribution in [3.05, 3.63) is 0 Å². The molecule has 0 amide bonds. The van der Waals surface area contributed by atoms with Crippen LogP contribution in [0.25, 0.3) is 0 Å². The largest absolute Gasteiger partial charge is 0.273 e. The molecule has 0 aromatic carbocycles. The Morgan fingerprint density at radius 1 is 1.60 bits per heavy atom. The summed E-state index contributed by atoms with van der Waals surface area (Å²) in [6.45, 7) is 0. The molecule has 1 rings (SSSR count). The normalized spacial score (nSPS) is 22.6. The minimum Gasteiger partial charge on any atom is -0.273 e. The first kappa shape index (κ1) is 7.94. The quantitative estimate of drug-likeness (QED) is 0.575. The highest BCUT2D eigenvalue weighted by Crippen LogP contribution is 2.40. The van der Waals surface area contributed by atoms with Gasteiger partial charge in [-0.15, -0.1) is 0 Å². The molecule has 0 aliphatic heterocycles. The molecule has 3 nitrogen and oxygen atoms in total. The number of hydrogen-bond acceptors (Lipinski definition) is 3. The molecule has 0 radical (unpaired) electrons. The summed E-state index contributed by atoms with van der Waals surface area (Å²) in [5.74, 6) is -0.490. The van der Waals surface area contributed by atoms with E-state index in [9.17, 15) is 12.8 Å². The summed E-state index contributed by atoms with van der Waals surface area (Å²) in [6.07, 6.45) is 0.686. The second-order valence-electron chi connectivity index (χ2n) is 2.52. The van der Waals surface area contributed by atoms with E-state index in [-0.39, 0.29) is 0 Å². The molecule has 0 heterocycles. The summed E-state index contributed by atoms with van der Waals surface area (Å²) in [5.41, 5.74) is -1.48. The lowest BCUT2D eigenvalue weighted by Crippen LogP contribution is -2.18. The summed E-state index contributed by atoms with van der Waals surface area (Å²) in [5, 5.41) is 0. The van der Waals surface area contributed by atoms with Gasteiger partial charge in [-0.25, -0.2) is 4.39 Å². The molecular weight excluding hydrogens is 159 g/mol. The van der Waals surface area contributed by atoms with Crippen LogP contribution in [0.15, 0.2) is 0 Å². The van der Waals surface area contributed by atoms with Crippen LogP contribution in [0.4, 0.5) is 4.39 Å². The van der Waals surface area contributed by atoms with E-state index in [4.69, 9.17) is 0 Å². The van der Waals surface area contributed by atoms with Crippen molar-refractivity contribution in [2.24, 2.45) is 0 Å². The van der Waals surface area contributed by atoms with Crippen LogP contribution in [-0.2, 0) is 14.3 Å². The maximum atomic E-state index is 12.7. The van der Waals surface area contributed by atoms with Gasteiger partial charge in [0, 0.05) is 0 Å². The second kappa shape index (κ2) is 2.17. The number of halogens is 1. The lowest BCUT2D eigenvalue weighted by Gasteiger charge is -2.02. The van der Waals surface area contributed by atoms with Crippen LogP contribution in [0.5, 0.6) is 0 Å². The monoisotopic (exact) mass is 168 g/mol. The van der Waals surface area contributed by atoms with Crippen molar-refractivity contribution in [2.45, 2.75) is 18.5 Å². The first-order valence-corrected chi connectivity index (χ1v) is 4.52. The smallest absolute Gasteiger partial charge is 0.270 e. The Morgan fingerprint density at radius 2 is 2.10 bits per heavy atom. The van der Waals surface area contributed by atoms with Gasteiger partial charge < -0.3 is 0 Å². The molecule has 0 unspecified atom stereocenters. The second-order valence-corrected chi connectivity index (χ2v) is 4.26. The molecule has 5 heteroatoms. The van der Waals surface area contributed by atoms with Crippen LogP contribution < -0.4 is 0 Å². The third-order valence-corrected chi connectivity index (χ3v) is 2.86. The van der Waals surface area contributed by atoms with Crippen molar-refractivity contribution >= 4 is 10.1 Å². The molecule has 1 fully saturated rings. The van der Waals surface area contributed by atoms with Gasteiger partial charge in [-0.2, -0.15) is 8.42 Å². The lowest BCUT2D eigenvalue weighted by molar-refractivity contribution is 0.322. The van der Waals surface area contributed by atoms with Gasteiger partial charge in [0.05, 0.1) is 7.11 Å². The summed E-state index contributed by atoms with van der Waals surface area (Å²) in [6, 6.07) is 0. The van der Waals surface area contributed by atoms with Gasteiger partial charge in [-0.1, -0.05) is 0 Å². The minimum absolute atomic E-state index is 0.343. The van der Waals surface area contributed by atoms with E-state index < -0.39 is 21.5 Å². The molecule has 0 aromatic rings. The van der Waals surface area contributed by atoms with Crippen molar-refractivity contribution in [2.75, 3.05) is 12.9 Å². The van der Waals surface area contributed by atoms with Crippen LogP contribution in [0.1, 0.15) is 12.8 Å². The van der Waals surface area contributed by atoms with Gasteiger partial charge in [0.25, 0.3) is 10.1 Å². The third-order valence-electron chi connectivity index (χ3n) is 1.48. The van der Waals surface area contributed by atoms with Crippen molar-refractivity contribution < 1.29 is 17.0 Å². The molecule has 10 heavy (non-hydrogen) atoms. The maximum Gasteiger partial charge on any atom is 0.270 e. The molecule has 0 N–H and O–H groups in total. The SMILES string of the molecule is COS(=O)(=O)CC1(F)CC1. The van der Waals surface area contributed by atoms with Crippen LogP contribution in [0.2, 0.25) is 0 Å². The van der Waals surface area contributed by atoms with Gasteiger partial charge >= 0.3 is 0 Å². The topological polar surface area (TPSA) is 43.4 Å².